The summed E-state index contributed by atoms with van der Waals surface area (Å²) >= 11 is 0. The van der Waals surface area contributed by atoms with Crippen LogP contribution in [0.1, 0.15) is 24.8 Å². The lowest BCUT2D eigenvalue weighted by Crippen LogP contribution is -2.44. The number of hydrogen-bond donors (Lipinski definition) is 2. The molecule has 114 valence electrons. The summed E-state index contributed by atoms with van der Waals surface area (Å²) in [5, 5.41) is 11.5. The van der Waals surface area contributed by atoms with Gasteiger partial charge in [-0.3, -0.25) is 4.79 Å². The minimum atomic E-state index is -0.783. The Hall–Kier alpha value is -2.11. The van der Waals surface area contributed by atoms with Gasteiger partial charge in [0.25, 0.3) is 0 Å². The molecule has 0 atom stereocenters. The van der Waals surface area contributed by atoms with Crippen LogP contribution in [-0.4, -0.2) is 35.1 Å². The third kappa shape index (κ3) is 4.73. The lowest BCUT2D eigenvalue weighted by Gasteiger charge is -2.31. The van der Waals surface area contributed by atoms with Crippen molar-refractivity contribution >= 4 is 12.0 Å². The summed E-state index contributed by atoms with van der Waals surface area (Å²) in [6, 6.07) is 5.83. The molecule has 0 aromatic heterocycles. The number of nitrogens with zero attached hydrogens (tertiary/aromatic N) is 1. The third-order valence-corrected chi connectivity index (χ3v) is 3.72. The Bertz CT molecular complexity index is 496. The largest absolute Gasteiger partial charge is 0.481 e. The predicted octanol–water partition coefficient (Wildman–Crippen LogP) is 2.22. The fourth-order valence-electron chi connectivity index (χ4n) is 2.48. The van der Waals surface area contributed by atoms with Crippen LogP contribution in [0, 0.1) is 11.7 Å². The molecule has 1 aromatic rings. The van der Waals surface area contributed by atoms with E-state index in [0.29, 0.717) is 19.6 Å². The van der Waals surface area contributed by atoms with Gasteiger partial charge in [0.15, 0.2) is 0 Å². The normalized spacial score (nSPS) is 15.8. The topological polar surface area (TPSA) is 69.6 Å². The molecular formula is C15H19FN2O3. The fraction of sp³-hybridized carbons (Fsp3) is 0.467. The van der Waals surface area contributed by atoms with E-state index in [4.69, 9.17) is 5.11 Å². The van der Waals surface area contributed by atoms with Crippen LogP contribution in [0.15, 0.2) is 24.3 Å². The van der Waals surface area contributed by atoms with E-state index in [1.165, 1.54) is 12.1 Å². The van der Waals surface area contributed by atoms with E-state index in [-0.39, 0.29) is 24.2 Å². The number of carbonyl (C=O) groups excluding carboxylic acids is 1. The van der Waals surface area contributed by atoms with Gasteiger partial charge in [0.05, 0.1) is 0 Å². The Morgan fingerprint density at radius 2 is 1.86 bits per heavy atom. The van der Waals surface area contributed by atoms with Crippen molar-refractivity contribution in [1.29, 1.82) is 0 Å². The minimum Gasteiger partial charge on any atom is -0.481 e. The van der Waals surface area contributed by atoms with Gasteiger partial charge in [-0.2, -0.15) is 0 Å². The lowest BCUT2D eigenvalue weighted by molar-refractivity contribution is -0.138. The zero-order valence-corrected chi connectivity index (χ0v) is 11.7. The van der Waals surface area contributed by atoms with Crippen LogP contribution >= 0.6 is 0 Å². The molecule has 6 heteroatoms. The molecule has 0 bridgehead atoms. The average molecular weight is 294 g/mol. The molecule has 1 heterocycles. The number of likely N-dealkylation sites (tertiary alicyclic amines) is 1. The predicted molar refractivity (Wildman–Crippen MR) is 75.2 cm³/mol. The van der Waals surface area contributed by atoms with E-state index in [0.717, 1.165) is 18.4 Å². The third-order valence-electron chi connectivity index (χ3n) is 3.72. The van der Waals surface area contributed by atoms with Crippen molar-refractivity contribution in [2.45, 2.75) is 25.8 Å². The van der Waals surface area contributed by atoms with Gasteiger partial charge >= 0.3 is 12.0 Å². The first kappa shape index (κ1) is 15.3. The van der Waals surface area contributed by atoms with E-state index in [1.807, 2.05) is 0 Å². The summed E-state index contributed by atoms with van der Waals surface area (Å²) in [4.78, 5) is 24.3. The highest BCUT2D eigenvalue weighted by atomic mass is 19.1. The first-order valence-electron chi connectivity index (χ1n) is 7.03. The Labute approximate surface area is 122 Å². The molecule has 2 amide bonds. The first-order chi connectivity index (χ1) is 10.0. The highest BCUT2D eigenvalue weighted by molar-refractivity contribution is 5.74. The molecule has 5 nitrogen and oxygen atoms in total. The molecule has 1 aliphatic heterocycles. The summed E-state index contributed by atoms with van der Waals surface area (Å²) < 4.78 is 12.8. The molecule has 2 N–H and O–H groups in total. The minimum absolute atomic E-state index is 0.156. The number of piperidine rings is 1. The Kier molecular flexibility index (Phi) is 5.14. The van der Waals surface area contributed by atoms with Gasteiger partial charge in [-0.25, -0.2) is 9.18 Å². The Morgan fingerprint density at radius 3 is 2.43 bits per heavy atom. The monoisotopic (exact) mass is 294 g/mol. The second-order valence-electron chi connectivity index (χ2n) is 5.31. The number of amides is 2. The molecule has 1 aliphatic rings. The van der Waals surface area contributed by atoms with E-state index in [2.05, 4.69) is 5.32 Å². The van der Waals surface area contributed by atoms with Crippen molar-refractivity contribution in [3.8, 4) is 0 Å². The van der Waals surface area contributed by atoms with Gasteiger partial charge in [-0.15, -0.1) is 0 Å². The average Bonchev–Trinajstić information content (AvgIpc) is 2.46. The number of carbonyl (C=O) groups is 2. The molecule has 0 unspecified atom stereocenters. The highest BCUT2D eigenvalue weighted by Gasteiger charge is 2.23. The molecule has 1 aromatic carbocycles. The molecule has 0 spiro atoms. The number of urea groups is 1. The summed E-state index contributed by atoms with van der Waals surface area (Å²) in [5.74, 6) is -0.927. The Balaban J connectivity index is 1.74. The maximum absolute atomic E-state index is 12.8. The molecule has 1 saturated heterocycles. The van der Waals surface area contributed by atoms with Crippen molar-refractivity contribution < 1.29 is 19.1 Å². The number of benzene rings is 1. The number of halogens is 1. The number of aliphatic carboxylic acids is 1. The van der Waals surface area contributed by atoms with Crippen molar-refractivity contribution in [3.05, 3.63) is 35.6 Å². The van der Waals surface area contributed by atoms with Crippen LogP contribution in [0.3, 0.4) is 0 Å². The van der Waals surface area contributed by atoms with Crippen LogP contribution in [0.2, 0.25) is 0 Å². The summed E-state index contributed by atoms with van der Waals surface area (Å²) in [5.41, 5.74) is 0.838. The molecule has 0 aliphatic carbocycles. The molecule has 2 rings (SSSR count). The summed E-state index contributed by atoms with van der Waals surface area (Å²) in [6.07, 6.45) is 1.61. The molecule has 21 heavy (non-hydrogen) atoms. The van der Waals surface area contributed by atoms with Gasteiger partial charge in [-0.05, 0) is 36.5 Å². The first-order valence-corrected chi connectivity index (χ1v) is 7.03. The van der Waals surface area contributed by atoms with Gasteiger partial charge in [0.1, 0.15) is 5.82 Å². The van der Waals surface area contributed by atoms with Gasteiger partial charge in [0, 0.05) is 26.1 Å². The summed E-state index contributed by atoms with van der Waals surface area (Å²) in [6.45, 7) is 1.51. The maximum atomic E-state index is 12.8. The zero-order valence-electron chi connectivity index (χ0n) is 11.7. The van der Waals surface area contributed by atoms with Crippen molar-refractivity contribution in [3.63, 3.8) is 0 Å². The maximum Gasteiger partial charge on any atom is 0.317 e. The van der Waals surface area contributed by atoms with Crippen molar-refractivity contribution in [2.24, 2.45) is 5.92 Å². The quantitative estimate of drug-likeness (QED) is 0.894. The number of hydrogen-bond acceptors (Lipinski definition) is 2. The molecule has 0 saturated carbocycles. The molecular weight excluding hydrogens is 275 g/mol. The van der Waals surface area contributed by atoms with Crippen molar-refractivity contribution in [1.82, 2.24) is 10.2 Å². The van der Waals surface area contributed by atoms with Crippen LogP contribution < -0.4 is 5.32 Å². The molecule has 1 fully saturated rings. The Morgan fingerprint density at radius 1 is 1.24 bits per heavy atom. The van der Waals surface area contributed by atoms with E-state index >= 15 is 0 Å². The lowest BCUT2D eigenvalue weighted by atomic mass is 9.94. The number of nitrogens with one attached hydrogen (secondary N) is 1. The highest BCUT2D eigenvalue weighted by Crippen LogP contribution is 2.20. The standard InChI is InChI=1S/C15H19FN2O3/c16-13-3-1-12(2-4-13)10-17-15(21)18-7-5-11(6-8-18)9-14(19)20/h1-4,11H,5-10H2,(H,17,21)(H,19,20). The van der Waals surface area contributed by atoms with E-state index < -0.39 is 5.97 Å². The van der Waals surface area contributed by atoms with Crippen LogP contribution in [0.25, 0.3) is 0 Å². The second kappa shape index (κ2) is 7.06. The molecule has 0 radical (unpaired) electrons. The van der Waals surface area contributed by atoms with Gasteiger partial charge in [0.2, 0.25) is 0 Å². The fourth-order valence-corrected chi connectivity index (χ4v) is 2.48. The van der Waals surface area contributed by atoms with Gasteiger partial charge in [-0.1, -0.05) is 12.1 Å². The van der Waals surface area contributed by atoms with E-state index in [9.17, 15) is 14.0 Å². The summed E-state index contributed by atoms with van der Waals surface area (Å²) in [7, 11) is 0. The second-order valence-corrected chi connectivity index (χ2v) is 5.31. The zero-order chi connectivity index (χ0) is 15.2. The van der Waals surface area contributed by atoms with E-state index in [1.54, 1.807) is 17.0 Å². The SMILES string of the molecule is O=C(O)CC1CCN(C(=O)NCc2ccc(F)cc2)CC1. The number of rotatable bonds is 4. The van der Waals surface area contributed by atoms with Crippen LogP contribution in [0.4, 0.5) is 9.18 Å². The van der Waals surface area contributed by atoms with Crippen LogP contribution in [-0.2, 0) is 11.3 Å². The smallest absolute Gasteiger partial charge is 0.317 e. The van der Waals surface area contributed by atoms with Crippen molar-refractivity contribution in [2.75, 3.05) is 13.1 Å². The number of carboxylic acid groups (broad SMARTS) is 1. The number of carboxylic acids is 1. The van der Waals surface area contributed by atoms with Gasteiger partial charge < -0.3 is 15.3 Å². The van der Waals surface area contributed by atoms with Crippen LogP contribution in [0.5, 0.6) is 0 Å².